The second-order valence-electron chi connectivity index (χ2n) is 5.52. The number of allylic oxidation sites excluding steroid dienone is 3. The Morgan fingerprint density at radius 2 is 1.85 bits per heavy atom. The molecule has 0 saturated carbocycles. The van der Waals surface area contributed by atoms with Gasteiger partial charge in [0.1, 0.15) is 17.6 Å². The first kappa shape index (κ1) is 20.0. The minimum atomic E-state index is -4.75. The molecule has 0 spiro atoms. The van der Waals surface area contributed by atoms with Gasteiger partial charge in [-0.2, -0.15) is 18.4 Å². The molecule has 0 aliphatic carbocycles. The molecule has 2 nitrogen and oxygen atoms in total. The van der Waals surface area contributed by atoms with E-state index in [9.17, 15) is 17.6 Å². The number of nitrogens with one attached hydrogen (secondary N) is 1. The van der Waals surface area contributed by atoms with Crippen molar-refractivity contribution in [3.63, 3.8) is 0 Å². The van der Waals surface area contributed by atoms with Gasteiger partial charge in [-0.15, -0.1) is 0 Å². The molecule has 2 aromatic carbocycles. The van der Waals surface area contributed by atoms with E-state index in [1.165, 1.54) is 24.3 Å². The highest BCUT2D eigenvalue weighted by Crippen LogP contribution is 2.32. The molecule has 0 saturated heterocycles. The molecule has 0 heterocycles. The van der Waals surface area contributed by atoms with Crippen LogP contribution >= 0.6 is 0 Å². The average Bonchev–Trinajstić information content (AvgIpc) is 2.64. The van der Waals surface area contributed by atoms with Crippen LogP contribution in [-0.4, -0.2) is 7.05 Å². The number of alkyl halides is 3. The van der Waals surface area contributed by atoms with Crippen molar-refractivity contribution < 1.29 is 17.6 Å². The number of benzene rings is 2. The zero-order valence-corrected chi connectivity index (χ0v) is 14.4. The Labute approximate surface area is 154 Å². The highest BCUT2D eigenvalue weighted by Gasteiger charge is 2.34. The lowest BCUT2D eigenvalue weighted by atomic mass is 10.0. The van der Waals surface area contributed by atoms with Gasteiger partial charge < -0.3 is 5.32 Å². The van der Waals surface area contributed by atoms with Gasteiger partial charge in [0, 0.05) is 18.2 Å². The fourth-order valence-corrected chi connectivity index (χ4v) is 2.51. The molecule has 0 fully saturated rings. The topological polar surface area (TPSA) is 35.8 Å². The summed E-state index contributed by atoms with van der Waals surface area (Å²) in [5.41, 5.74) is 0.779. The van der Waals surface area contributed by atoms with Crippen molar-refractivity contribution in [1.29, 1.82) is 5.26 Å². The standard InChI is InChI=1S/C21H16F4N2/c1-3-17(19(13-26)27-2)16-8-4-6-14(12-16)10-11-15-7-5-9-18(20(15)22)21(23,24)25/h3-12,27H,1H2,2H3/b11-10+,19-17+. The molecule has 0 aliphatic rings. The van der Waals surface area contributed by atoms with Crippen LogP contribution in [-0.2, 0) is 6.18 Å². The molecular weight excluding hydrogens is 356 g/mol. The van der Waals surface area contributed by atoms with Crippen molar-refractivity contribution in [2.24, 2.45) is 0 Å². The third kappa shape index (κ3) is 4.64. The lowest BCUT2D eigenvalue weighted by molar-refractivity contribution is -0.140. The highest BCUT2D eigenvalue weighted by molar-refractivity contribution is 5.80. The van der Waals surface area contributed by atoms with Gasteiger partial charge in [-0.3, -0.25) is 0 Å². The van der Waals surface area contributed by atoms with E-state index in [0.717, 1.165) is 6.07 Å². The maximum Gasteiger partial charge on any atom is 0.419 e. The summed E-state index contributed by atoms with van der Waals surface area (Å²) in [4.78, 5) is 0. The van der Waals surface area contributed by atoms with Crippen LogP contribution < -0.4 is 5.32 Å². The number of hydrogen-bond donors (Lipinski definition) is 1. The molecule has 0 radical (unpaired) electrons. The van der Waals surface area contributed by atoms with Crippen molar-refractivity contribution >= 4 is 17.7 Å². The Kier molecular flexibility index (Phi) is 6.19. The number of nitriles is 1. The summed E-state index contributed by atoms with van der Waals surface area (Å²) < 4.78 is 52.5. The van der Waals surface area contributed by atoms with Gasteiger partial charge in [0.05, 0.1) is 5.56 Å². The Balaban J connectivity index is 2.42. The normalized spacial score (nSPS) is 12.4. The van der Waals surface area contributed by atoms with Crippen LogP contribution in [0.25, 0.3) is 17.7 Å². The monoisotopic (exact) mass is 372 g/mol. The number of hydrogen-bond acceptors (Lipinski definition) is 2. The van der Waals surface area contributed by atoms with E-state index in [1.54, 1.807) is 31.3 Å². The first-order chi connectivity index (χ1) is 12.8. The molecule has 0 atom stereocenters. The van der Waals surface area contributed by atoms with Gasteiger partial charge in [0.15, 0.2) is 0 Å². The maximum atomic E-state index is 14.1. The summed E-state index contributed by atoms with van der Waals surface area (Å²) >= 11 is 0. The van der Waals surface area contributed by atoms with Gasteiger partial charge in [-0.1, -0.05) is 55.1 Å². The third-order valence-electron chi connectivity index (χ3n) is 3.82. The molecule has 6 heteroatoms. The molecular formula is C21H16F4N2. The Hall–Kier alpha value is -3.33. The molecule has 2 rings (SSSR count). The highest BCUT2D eigenvalue weighted by atomic mass is 19.4. The van der Waals surface area contributed by atoms with Crippen LogP contribution in [0.4, 0.5) is 17.6 Å². The molecule has 0 amide bonds. The van der Waals surface area contributed by atoms with Crippen molar-refractivity contribution in [2.75, 3.05) is 7.05 Å². The molecule has 2 aromatic rings. The van der Waals surface area contributed by atoms with E-state index < -0.39 is 17.6 Å². The van der Waals surface area contributed by atoms with Crippen LogP contribution in [0.3, 0.4) is 0 Å². The van der Waals surface area contributed by atoms with Gasteiger partial charge in [-0.25, -0.2) is 4.39 Å². The minimum Gasteiger partial charge on any atom is -0.379 e. The largest absolute Gasteiger partial charge is 0.419 e. The lowest BCUT2D eigenvalue weighted by Crippen LogP contribution is -2.08. The minimum absolute atomic E-state index is 0.164. The first-order valence-corrected chi connectivity index (χ1v) is 7.90. The van der Waals surface area contributed by atoms with Gasteiger partial charge >= 0.3 is 6.18 Å². The van der Waals surface area contributed by atoms with Crippen LogP contribution in [0.15, 0.2) is 60.8 Å². The molecule has 0 aliphatic heterocycles. The zero-order valence-electron chi connectivity index (χ0n) is 14.4. The van der Waals surface area contributed by atoms with E-state index >= 15 is 0 Å². The van der Waals surface area contributed by atoms with Crippen LogP contribution in [0.5, 0.6) is 0 Å². The van der Waals surface area contributed by atoms with E-state index in [-0.39, 0.29) is 5.56 Å². The van der Waals surface area contributed by atoms with Crippen LogP contribution in [0, 0.1) is 17.1 Å². The van der Waals surface area contributed by atoms with Gasteiger partial charge in [-0.05, 0) is 23.3 Å². The fourth-order valence-electron chi connectivity index (χ4n) is 2.51. The predicted octanol–water partition coefficient (Wildman–Crippen LogP) is 5.65. The second-order valence-corrected chi connectivity index (χ2v) is 5.52. The fraction of sp³-hybridized carbons (Fsp3) is 0.0952. The number of halogens is 4. The van der Waals surface area contributed by atoms with Gasteiger partial charge in [0.25, 0.3) is 0 Å². The van der Waals surface area contributed by atoms with Gasteiger partial charge in [0.2, 0.25) is 0 Å². The lowest BCUT2D eigenvalue weighted by Gasteiger charge is -2.09. The van der Waals surface area contributed by atoms with Crippen molar-refractivity contribution in [2.45, 2.75) is 6.18 Å². The summed E-state index contributed by atoms with van der Waals surface area (Å²) in [6, 6.07) is 12.1. The van der Waals surface area contributed by atoms with E-state index in [2.05, 4.69) is 11.9 Å². The summed E-state index contributed by atoms with van der Waals surface area (Å²) in [5.74, 6) is -1.31. The SMILES string of the molecule is C=C/C(=C(/C#N)NC)c1cccc(/C=C/c2cccc(C(F)(F)F)c2F)c1. The summed E-state index contributed by atoms with van der Waals surface area (Å²) in [6.45, 7) is 3.70. The zero-order chi connectivity index (χ0) is 20.0. The molecule has 27 heavy (non-hydrogen) atoms. The van der Waals surface area contributed by atoms with Crippen LogP contribution in [0.2, 0.25) is 0 Å². The molecule has 138 valence electrons. The number of rotatable bonds is 5. The molecule has 0 aromatic heterocycles. The van der Waals surface area contributed by atoms with E-state index in [1.807, 2.05) is 6.07 Å². The predicted molar refractivity (Wildman–Crippen MR) is 98.6 cm³/mol. The Morgan fingerprint density at radius 3 is 2.44 bits per heavy atom. The molecule has 1 N–H and O–H groups in total. The average molecular weight is 372 g/mol. The van der Waals surface area contributed by atoms with Crippen molar-refractivity contribution in [3.05, 3.63) is 88.9 Å². The molecule has 0 unspecified atom stereocenters. The summed E-state index contributed by atoms with van der Waals surface area (Å²) in [7, 11) is 1.61. The Bertz CT molecular complexity index is 947. The third-order valence-corrected chi connectivity index (χ3v) is 3.82. The second kappa shape index (κ2) is 8.37. The smallest absolute Gasteiger partial charge is 0.379 e. The first-order valence-electron chi connectivity index (χ1n) is 7.90. The summed E-state index contributed by atoms with van der Waals surface area (Å²) in [6.07, 6.45) is -0.429. The molecule has 0 bridgehead atoms. The van der Waals surface area contributed by atoms with Crippen molar-refractivity contribution in [1.82, 2.24) is 5.32 Å². The summed E-state index contributed by atoms with van der Waals surface area (Å²) in [5, 5.41) is 11.9. The number of nitrogens with zero attached hydrogens (tertiary/aromatic N) is 1. The van der Waals surface area contributed by atoms with E-state index in [0.29, 0.717) is 28.5 Å². The quantitative estimate of drug-likeness (QED) is 0.318. The Morgan fingerprint density at radius 1 is 1.15 bits per heavy atom. The van der Waals surface area contributed by atoms with E-state index in [4.69, 9.17) is 5.26 Å². The van der Waals surface area contributed by atoms with Crippen LogP contribution in [0.1, 0.15) is 22.3 Å². The van der Waals surface area contributed by atoms with Crippen molar-refractivity contribution in [3.8, 4) is 6.07 Å². The maximum absolute atomic E-state index is 14.1.